The van der Waals surface area contributed by atoms with Gasteiger partial charge in [0.05, 0.1) is 0 Å². The number of hydrogen-bond donors (Lipinski definition) is 1. The van der Waals surface area contributed by atoms with Crippen molar-refractivity contribution in [1.82, 2.24) is 5.32 Å². The lowest BCUT2D eigenvalue weighted by atomic mass is 10.2. The highest BCUT2D eigenvalue weighted by Crippen LogP contribution is 2.21. The summed E-state index contributed by atoms with van der Waals surface area (Å²) in [4.78, 5) is 11.2. The fourth-order valence-electron chi connectivity index (χ4n) is 1.64. The zero-order valence-corrected chi connectivity index (χ0v) is 11.2. The molecule has 0 saturated carbocycles. The Hall–Kier alpha value is -2.36. The van der Waals surface area contributed by atoms with Crippen LogP contribution in [0.5, 0.6) is 11.5 Å². The minimum atomic E-state index is -0.292. The first kappa shape index (κ1) is 14.1. The number of benzene rings is 2. The number of halogens is 1. The molecule has 2 aromatic rings. The highest BCUT2D eigenvalue weighted by molar-refractivity contribution is 5.75. The third kappa shape index (κ3) is 4.09. The van der Waals surface area contributed by atoms with Gasteiger partial charge in [0.15, 0.2) is 0 Å². The molecule has 2 rings (SSSR count). The summed E-state index contributed by atoms with van der Waals surface area (Å²) in [7, 11) is 0. The zero-order chi connectivity index (χ0) is 14.4. The molecule has 0 radical (unpaired) electrons. The molecular weight excluding hydrogens is 257 g/mol. The van der Waals surface area contributed by atoms with Crippen molar-refractivity contribution in [2.75, 3.05) is 0 Å². The third-order valence-electron chi connectivity index (χ3n) is 2.78. The van der Waals surface area contributed by atoms with E-state index in [4.69, 9.17) is 4.74 Å². The third-order valence-corrected chi connectivity index (χ3v) is 2.78. The Morgan fingerprint density at radius 1 is 1.05 bits per heavy atom. The predicted octanol–water partition coefficient (Wildman–Crippen LogP) is 3.64. The smallest absolute Gasteiger partial charge is 0.219 e. The van der Waals surface area contributed by atoms with E-state index in [0.29, 0.717) is 24.5 Å². The number of rotatable bonds is 5. The average Bonchev–Trinajstić information content (AvgIpc) is 2.48. The van der Waals surface area contributed by atoms with Gasteiger partial charge in [-0.15, -0.1) is 0 Å². The Kier molecular flexibility index (Phi) is 4.71. The normalized spacial score (nSPS) is 10.1. The van der Waals surface area contributed by atoms with Crippen molar-refractivity contribution in [3.8, 4) is 11.5 Å². The lowest BCUT2D eigenvalue weighted by molar-refractivity contribution is -0.120. The van der Waals surface area contributed by atoms with Crippen molar-refractivity contribution < 1.29 is 13.9 Å². The maximum atomic E-state index is 12.8. The molecule has 0 aliphatic rings. The van der Waals surface area contributed by atoms with Gasteiger partial charge in [-0.05, 0) is 42.0 Å². The van der Waals surface area contributed by atoms with Crippen LogP contribution >= 0.6 is 0 Å². The van der Waals surface area contributed by atoms with Crippen molar-refractivity contribution >= 4 is 5.91 Å². The SMILES string of the molecule is CCC(=O)NCc1ccc(Oc2ccc(F)cc2)cc1. The summed E-state index contributed by atoms with van der Waals surface area (Å²) in [5, 5.41) is 2.80. The minimum Gasteiger partial charge on any atom is -0.457 e. The highest BCUT2D eigenvalue weighted by atomic mass is 19.1. The van der Waals surface area contributed by atoms with Gasteiger partial charge in [0.2, 0.25) is 5.91 Å². The summed E-state index contributed by atoms with van der Waals surface area (Å²) in [5.41, 5.74) is 0.998. The monoisotopic (exact) mass is 273 g/mol. The molecule has 0 heterocycles. The van der Waals surface area contributed by atoms with Gasteiger partial charge in [-0.2, -0.15) is 0 Å². The predicted molar refractivity (Wildman–Crippen MR) is 75.1 cm³/mol. The van der Waals surface area contributed by atoms with Crippen LogP contribution in [0.2, 0.25) is 0 Å². The fraction of sp³-hybridized carbons (Fsp3) is 0.188. The first-order chi connectivity index (χ1) is 9.67. The molecular formula is C16H16FNO2. The van der Waals surface area contributed by atoms with E-state index in [1.807, 2.05) is 31.2 Å². The van der Waals surface area contributed by atoms with Crippen LogP contribution in [0.15, 0.2) is 48.5 Å². The number of amides is 1. The van der Waals surface area contributed by atoms with E-state index >= 15 is 0 Å². The standard InChI is InChI=1S/C16H16FNO2/c1-2-16(19)18-11-12-3-7-14(8-4-12)20-15-9-5-13(17)6-10-15/h3-10H,2,11H2,1H3,(H,18,19). The summed E-state index contributed by atoms with van der Waals surface area (Å²) in [6.45, 7) is 2.32. The molecule has 0 atom stereocenters. The highest BCUT2D eigenvalue weighted by Gasteiger charge is 2.00. The Morgan fingerprint density at radius 2 is 1.60 bits per heavy atom. The van der Waals surface area contributed by atoms with Gasteiger partial charge in [-0.3, -0.25) is 4.79 Å². The van der Waals surface area contributed by atoms with E-state index in [9.17, 15) is 9.18 Å². The van der Waals surface area contributed by atoms with E-state index in [0.717, 1.165) is 5.56 Å². The van der Waals surface area contributed by atoms with E-state index in [1.165, 1.54) is 12.1 Å². The van der Waals surface area contributed by atoms with Crippen LogP contribution in [0.4, 0.5) is 4.39 Å². The molecule has 4 heteroatoms. The molecule has 0 fully saturated rings. The maximum absolute atomic E-state index is 12.8. The molecule has 1 amide bonds. The molecule has 0 aliphatic carbocycles. The van der Waals surface area contributed by atoms with E-state index in [-0.39, 0.29) is 11.7 Å². The quantitative estimate of drug-likeness (QED) is 0.903. The second-order valence-electron chi connectivity index (χ2n) is 4.33. The van der Waals surface area contributed by atoms with Gasteiger partial charge < -0.3 is 10.1 Å². The number of carbonyl (C=O) groups excluding carboxylic acids is 1. The summed E-state index contributed by atoms with van der Waals surface area (Å²) >= 11 is 0. The summed E-state index contributed by atoms with van der Waals surface area (Å²) in [5.74, 6) is 0.983. The Labute approximate surface area is 117 Å². The van der Waals surface area contributed by atoms with Crippen molar-refractivity contribution in [2.24, 2.45) is 0 Å². The van der Waals surface area contributed by atoms with Crippen LogP contribution in [0.1, 0.15) is 18.9 Å². The molecule has 104 valence electrons. The summed E-state index contributed by atoms with van der Waals surface area (Å²) in [6, 6.07) is 13.3. The van der Waals surface area contributed by atoms with E-state index < -0.39 is 0 Å². The average molecular weight is 273 g/mol. The first-order valence-electron chi connectivity index (χ1n) is 6.46. The first-order valence-corrected chi connectivity index (χ1v) is 6.46. The molecule has 2 aromatic carbocycles. The van der Waals surface area contributed by atoms with Gasteiger partial charge in [0, 0.05) is 13.0 Å². The molecule has 20 heavy (non-hydrogen) atoms. The van der Waals surface area contributed by atoms with Gasteiger partial charge in [0.25, 0.3) is 0 Å². The van der Waals surface area contributed by atoms with Crippen LogP contribution in [0.3, 0.4) is 0 Å². The van der Waals surface area contributed by atoms with Gasteiger partial charge in [-0.1, -0.05) is 19.1 Å². The number of carbonyl (C=O) groups is 1. The topological polar surface area (TPSA) is 38.3 Å². The van der Waals surface area contributed by atoms with Crippen molar-refractivity contribution in [3.63, 3.8) is 0 Å². The van der Waals surface area contributed by atoms with Crippen molar-refractivity contribution in [2.45, 2.75) is 19.9 Å². The Bertz CT molecular complexity index is 564. The van der Waals surface area contributed by atoms with Gasteiger partial charge in [0.1, 0.15) is 17.3 Å². The fourth-order valence-corrected chi connectivity index (χ4v) is 1.64. The lowest BCUT2D eigenvalue weighted by Gasteiger charge is -2.07. The zero-order valence-electron chi connectivity index (χ0n) is 11.2. The molecule has 0 spiro atoms. The summed E-state index contributed by atoms with van der Waals surface area (Å²) in [6.07, 6.45) is 0.478. The largest absolute Gasteiger partial charge is 0.457 e. The van der Waals surface area contributed by atoms with Gasteiger partial charge in [-0.25, -0.2) is 4.39 Å². The number of nitrogens with one attached hydrogen (secondary N) is 1. The molecule has 0 aliphatic heterocycles. The molecule has 0 unspecified atom stereocenters. The van der Waals surface area contributed by atoms with Crippen LogP contribution < -0.4 is 10.1 Å². The molecule has 1 N–H and O–H groups in total. The number of ether oxygens (including phenoxy) is 1. The van der Waals surface area contributed by atoms with Gasteiger partial charge >= 0.3 is 0 Å². The molecule has 0 aromatic heterocycles. The molecule has 3 nitrogen and oxygen atoms in total. The van der Waals surface area contributed by atoms with E-state index in [2.05, 4.69) is 5.32 Å². The van der Waals surface area contributed by atoms with Crippen LogP contribution in [-0.4, -0.2) is 5.91 Å². The van der Waals surface area contributed by atoms with Crippen LogP contribution in [0.25, 0.3) is 0 Å². The second kappa shape index (κ2) is 6.70. The lowest BCUT2D eigenvalue weighted by Crippen LogP contribution is -2.21. The maximum Gasteiger partial charge on any atom is 0.219 e. The molecule has 0 bridgehead atoms. The van der Waals surface area contributed by atoms with E-state index in [1.54, 1.807) is 12.1 Å². The minimum absolute atomic E-state index is 0.0247. The van der Waals surface area contributed by atoms with Crippen LogP contribution in [-0.2, 0) is 11.3 Å². The van der Waals surface area contributed by atoms with Crippen molar-refractivity contribution in [3.05, 3.63) is 59.9 Å². The Balaban J connectivity index is 1.94. The number of hydrogen-bond acceptors (Lipinski definition) is 2. The second-order valence-corrected chi connectivity index (χ2v) is 4.33. The van der Waals surface area contributed by atoms with Crippen LogP contribution in [0, 0.1) is 5.82 Å². The Morgan fingerprint density at radius 3 is 2.15 bits per heavy atom. The molecule has 0 saturated heterocycles. The van der Waals surface area contributed by atoms with Crippen molar-refractivity contribution in [1.29, 1.82) is 0 Å². The summed E-state index contributed by atoms with van der Waals surface area (Å²) < 4.78 is 18.3.